The molecular formula is C12H19N3O. The van der Waals surface area contributed by atoms with Crippen LogP contribution in [0.2, 0.25) is 0 Å². The summed E-state index contributed by atoms with van der Waals surface area (Å²) >= 11 is 0. The molecule has 1 aliphatic rings. The molecule has 1 aliphatic heterocycles. The number of likely N-dealkylation sites (tertiary alicyclic amines) is 1. The van der Waals surface area contributed by atoms with Crippen LogP contribution in [-0.4, -0.2) is 40.7 Å². The van der Waals surface area contributed by atoms with Crippen LogP contribution in [0.5, 0.6) is 0 Å². The molecule has 0 bridgehead atoms. The van der Waals surface area contributed by atoms with Crippen LogP contribution in [0.25, 0.3) is 0 Å². The Balaban J connectivity index is 2.16. The highest BCUT2D eigenvalue weighted by molar-refractivity contribution is 5.10. The van der Waals surface area contributed by atoms with Crippen molar-refractivity contribution in [1.29, 1.82) is 0 Å². The Labute approximate surface area is 96.1 Å². The Morgan fingerprint density at radius 1 is 1.56 bits per heavy atom. The number of nitrogens with two attached hydrogens (primary N) is 1. The number of hydrogen-bond donors (Lipinski definition) is 2. The molecule has 0 amide bonds. The summed E-state index contributed by atoms with van der Waals surface area (Å²) in [6.45, 7) is 1.76. The summed E-state index contributed by atoms with van der Waals surface area (Å²) in [6.07, 6.45) is 3.98. The van der Waals surface area contributed by atoms with Gasteiger partial charge in [0.15, 0.2) is 0 Å². The minimum Gasteiger partial charge on any atom is -0.395 e. The third-order valence-corrected chi connectivity index (χ3v) is 3.29. The van der Waals surface area contributed by atoms with Crippen molar-refractivity contribution >= 4 is 0 Å². The van der Waals surface area contributed by atoms with Crippen molar-refractivity contribution in [2.24, 2.45) is 5.73 Å². The van der Waals surface area contributed by atoms with E-state index in [1.54, 1.807) is 6.20 Å². The van der Waals surface area contributed by atoms with E-state index in [2.05, 4.69) is 9.88 Å². The van der Waals surface area contributed by atoms with E-state index < -0.39 is 0 Å². The van der Waals surface area contributed by atoms with Crippen molar-refractivity contribution in [3.05, 3.63) is 30.1 Å². The number of hydrogen-bond acceptors (Lipinski definition) is 4. The fraction of sp³-hybridized carbons (Fsp3) is 0.583. The van der Waals surface area contributed by atoms with Gasteiger partial charge in [-0.1, -0.05) is 6.07 Å². The predicted octanol–water partition coefficient (Wildman–Crippen LogP) is 0.538. The molecule has 4 nitrogen and oxygen atoms in total. The lowest BCUT2D eigenvalue weighted by atomic mass is 10.1. The first-order valence-electron chi connectivity index (χ1n) is 5.84. The fourth-order valence-electron chi connectivity index (χ4n) is 2.46. The lowest BCUT2D eigenvalue weighted by Crippen LogP contribution is -2.39. The van der Waals surface area contributed by atoms with Gasteiger partial charge in [-0.25, -0.2) is 0 Å². The molecule has 2 atom stereocenters. The molecule has 0 aromatic carbocycles. The van der Waals surface area contributed by atoms with Crippen molar-refractivity contribution in [3.63, 3.8) is 0 Å². The molecule has 2 heterocycles. The van der Waals surface area contributed by atoms with Gasteiger partial charge in [0.1, 0.15) is 0 Å². The summed E-state index contributed by atoms with van der Waals surface area (Å²) < 4.78 is 0. The van der Waals surface area contributed by atoms with Gasteiger partial charge in [0, 0.05) is 18.8 Å². The lowest BCUT2D eigenvalue weighted by Gasteiger charge is -2.30. The average molecular weight is 221 g/mol. The van der Waals surface area contributed by atoms with E-state index in [9.17, 15) is 5.11 Å². The van der Waals surface area contributed by atoms with Crippen molar-refractivity contribution in [1.82, 2.24) is 9.88 Å². The van der Waals surface area contributed by atoms with Crippen molar-refractivity contribution in [3.8, 4) is 0 Å². The Kier molecular flexibility index (Phi) is 3.88. The Bertz CT molecular complexity index is 317. The highest BCUT2D eigenvalue weighted by Crippen LogP contribution is 2.27. The minimum atomic E-state index is 0.140. The number of rotatable bonds is 4. The summed E-state index contributed by atoms with van der Waals surface area (Å²) in [7, 11) is 0. The third-order valence-electron chi connectivity index (χ3n) is 3.29. The SMILES string of the molecule is NCC(c1ccccn1)N1CCCC1CO. The van der Waals surface area contributed by atoms with E-state index >= 15 is 0 Å². The van der Waals surface area contributed by atoms with E-state index in [-0.39, 0.29) is 18.7 Å². The first-order valence-corrected chi connectivity index (χ1v) is 5.84. The summed E-state index contributed by atoms with van der Waals surface area (Å²) in [6, 6.07) is 6.28. The molecule has 0 saturated carbocycles. The molecule has 2 rings (SSSR count). The summed E-state index contributed by atoms with van der Waals surface area (Å²) in [5.74, 6) is 0. The first kappa shape index (κ1) is 11.5. The van der Waals surface area contributed by atoms with Crippen LogP contribution in [0.3, 0.4) is 0 Å². The first-order chi connectivity index (χ1) is 7.86. The van der Waals surface area contributed by atoms with E-state index in [1.807, 2.05) is 18.2 Å². The molecule has 0 radical (unpaired) electrons. The van der Waals surface area contributed by atoms with Gasteiger partial charge >= 0.3 is 0 Å². The van der Waals surface area contributed by atoms with Crippen LogP contribution in [0.1, 0.15) is 24.6 Å². The normalized spacial score (nSPS) is 23.5. The molecule has 4 heteroatoms. The maximum absolute atomic E-state index is 9.32. The zero-order chi connectivity index (χ0) is 11.4. The van der Waals surface area contributed by atoms with Crippen molar-refractivity contribution < 1.29 is 5.11 Å². The molecule has 1 saturated heterocycles. The number of aliphatic hydroxyl groups is 1. The lowest BCUT2D eigenvalue weighted by molar-refractivity contribution is 0.120. The molecule has 0 spiro atoms. The van der Waals surface area contributed by atoms with Crippen LogP contribution >= 0.6 is 0 Å². The van der Waals surface area contributed by atoms with Crippen LogP contribution in [0, 0.1) is 0 Å². The third kappa shape index (κ3) is 2.24. The molecule has 2 unspecified atom stereocenters. The second kappa shape index (κ2) is 5.39. The maximum atomic E-state index is 9.32. The van der Waals surface area contributed by atoms with E-state index in [1.165, 1.54) is 0 Å². The molecule has 0 aliphatic carbocycles. The predicted molar refractivity (Wildman–Crippen MR) is 62.8 cm³/mol. The number of aromatic nitrogens is 1. The van der Waals surface area contributed by atoms with Gasteiger partial charge in [0.05, 0.1) is 18.3 Å². The second-order valence-electron chi connectivity index (χ2n) is 4.22. The van der Waals surface area contributed by atoms with Gasteiger partial charge in [0.2, 0.25) is 0 Å². The van der Waals surface area contributed by atoms with Gasteiger partial charge in [-0.15, -0.1) is 0 Å². The topological polar surface area (TPSA) is 62.4 Å². The summed E-state index contributed by atoms with van der Waals surface area (Å²) in [5.41, 5.74) is 6.84. The average Bonchev–Trinajstić information content (AvgIpc) is 2.80. The largest absolute Gasteiger partial charge is 0.395 e. The quantitative estimate of drug-likeness (QED) is 0.779. The number of aliphatic hydroxyl groups excluding tert-OH is 1. The Morgan fingerprint density at radius 2 is 2.44 bits per heavy atom. The minimum absolute atomic E-state index is 0.140. The van der Waals surface area contributed by atoms with Gasteiger partial charge in [0.25, 0.3) is 0 Å². The standard InChI is InChI=1S/C12H19N3O/c13-8-12(11-5-1-2-6-14-11)15-7-3-4-10(15)9-16/h1-2,5-6,10,12,16H,3-4,7-9,13H2. The van der Waals surface area contributed by atoms with Gasteiger partial charge in [-0.05, 0) is 31.5 Å². The number of pyridine rings is 1. The van der Waals surface area contributed by atoms with E-state index in [0.29, 0.717) is 6.54 Å². The van der Waals surface area contributed by atoms with E-state index in [0.717, 1.165) is 25.1 Å². The summed E-state index contributed by atoms with van der Waals surface area (Å²) in [5, 5.41) is 9.32. The van der Waals surface area contributed by atoms with Gasteiger partial charge in [-0.3, -0.25) is 9.88 Å². The van der Waals surface area contributed by atoms with Crippen LogP contribution in [-0.2, 0) is 0 Å². The second-order valence-corrected chi connectivity index (χ2v) is 4.22. The van der Waals surface area contributed by atoms with Gasteiger partial charge < -0.3 is 10.8 Å². The monoisotopic (exact) mass is 221 g/mol. The molecule has 88 valence electrons. The molecule has 1 fully saturated rings. The van der Waals surface area contributed by atoms with Crippen LogP contribution in [0.4, 0.5) is 0 Å². The zero-order valence-electron chi connectivity index (χ0n) is 9.42. The van der Waals surface area contributed by atoms with Gasteiger partial charge in [-0.2, -0.15) is 0 Å². The highest BCUT2D eigenvalue weighted by atomic mass is 16.3. The Hall–Kier alpha value is -0.970. The van der Waals surface area contributed by atoms with E-state index in [4.69, 9.17) is 5.73 Å². The summed E-state index contributed by atoms with van der Waals surface area (Å²) in [4.78, 5) is 6.64. The molecule has 3 N–H and O–H groups in total. The smallest absolute Gasteiger partial charge is 0.0647 e. The molecule has 1 aromatic rings. The van der Waals surface area contributed by atoms with Crippen molar-refractivity contribution in [2.75, 3.05) is 19.7 Å². The molecule has 16 heavy (non-hydrogen) atoms. The highest BCUT2D eigenvalue weighted by Gasteiger charge is 2.30. The maximum Gasteiger partial charge on any atom is 0.0647 e. The number of nitrogens with zero attached hydrogens (tertiary/aromatic N) is 2. The Morgan fingerprint density at radius 3 is 3.06 bits per heavy atom. The van der Waals surface area contributed by atoms with Crippen LogP contribution in [0.15, 0.2) is 24.4 Å². The zero-order valence-corrected chi connectivity index (χ0v) is 9.42. The molecule has 1 aromatic heterocycles. The fourth-order valence-corrected chi connectivity index (χ4v) is 2.46. The van der Waals surface area contributed by atoms with Crippen LogP contribution < -0.4 is 5.73 Å². The van der Waals surface area contributed by atoms with Crippen molar-refractivity contribution in [2.45, 2.75) is 24.9 Å². The molecular weight excluding hydrogens is 202 g/mol.